The third-order valence-corrected chi connectivity index (χ3v) is 4.27. The molecule has 0 saturated carbocycles. The lowest BCUT2D eigenvalue weighted by Crippen LogP contribution is -2.32. The second kappa shape index (κ2) is 9.08. The molecule has 0 radical (unpaired) electrons. The molecule has 0 atom stereocenters. The van der Waals surface area contributed by atoms with Crippen LogP contribution in [0.5, 0.6) is 0 Å². The SMILES string of the molecule is Cc1ccccc1-n1cc(C(=O)Nc2cccc(COCC(F)(F)C(F)F)c2)cn1. The molecule has 0 aliphatic rings. The van der Waals surface area contributed by atoms with Gasteiger partial charge in [0, 0.05) is 11.9 Å². The van der Waals surface area contributed by atoms with E-state index in [2.05, 4.69) is 10.4 Å². The third kappa shape index (κ3) is 5.24. The molecule has 1 heterocycles. The van der Waals surface area contributed by atoms with Crippen LogP contribution in [0, 0.1) is 6.92 Å². The Labute approximate surface area is 170 Å². The van der Waals surface area contributed by atoms with Crippen LogP contribution >= 0.6 is 0 Å². The summed E-state index contributed by atoms with van der Waals surface area (Å²) in [6.45, 7) is 0.248. The van der Waals surface area contributed by atoms with Crippen molar-refractivity contribution in [3.8, 4) is 5.69 Å². The van der Waals surface area contributed by atoms with Crippen LogP contribution in [0.3, 0.4) is 0 Å². The van der Waals surface area contributed by atoms with Gasteiger partial charge in [-0.1, -0.05) is 30.3 Å². The summed E-state index contributed by atoms with van der Waals surface area (Å²) in [5.74, 6) is -4.61. The van der Waals surface area contributed by atoms with Gasteiger partial charge in [-0.05, 0) is 36.2 Å². The van der Waals surface area contributed by atoms with Crippen LogP contribution in [0.15, 0.2) is 60.9 Å². The number of nitrogens with one attached hydrogen (secondary N) is 1. The van der Waals surface area contributed by atoms with E-state index in [0.29, 0.717) is 16.8 Å². The van der Waals surface area contributed by atoms with Crippen LogP contribution in [0.2, 0.25) is 0 Å². The summed E-state index contributed by atoms with van der Waals surface area (Å²) >= 11 is 0. The lowest BCUT2D eigenvalue weighted by molar-refractivity contribution is -0.168. The number of aryl methyl sites for hydroxylation is 1. The molecule has 158 valence electrons. The summed E-state index contributed by atoms with van der Waals surface area (Å²) < 4.78 is 56.4. The normalized spacial score (nSPS) is 11.7. The molecule has 9 heteroatoms. The molecule has 0 fully saturated rings. The first kappa shape index (κ1) is 21.5. The van der Waals surface area contributed by atoms with Gasteiger partial charge in [-0.2, -0.15) is 13.9 Å². The number of amides is 1. The van der Waals surface area contributed by atoms with Crippen molar-refractivity contribution in [1.29, 1.82) is 0 Å². The van der Waals surface area contributed by atoms with Gasteiger partial charge in [0.25, 0.3) is 5.91 Å². The number of aromatic nitrogens is 2. The first-order valence-corrected chi connectivity index (χ1v) is 9.01. The summed E-state index contributed by atoms with van der Waals surface area (Å²) in [7, 11) is 0. The number of hydrogen-bond acceptors (Lipinski definition) is 3. The standard InChI is InChI=1S/C21H19F4N3O2/c1-14-5-2-3-8-18(14)28-11-16(10-26-28)19(29)27-17-7-4-6-15(9-17)12-30-13-21(24,25)20(22)23/h2-11,20H,12-13H2,1H3,(H,27,29). The van der Waals surface area contributed by atoms with Crippen molar-refractivity contribution in [2.24, 2.45) is 0 Å². The number of para-hydroxylation sites is 1. The average molecular weight is 421 g/mol. The molecular formula is C21H19F4N3O2. The number of nitrogens with zero attached hydrogens (tertiary/aromatic N) is 2. The summed E-state index contributed by atoms with van der Waals surface area (Å²) in [5, 5.41) is 6.90. The van der Waals surface area contributed by atoms with Crippen molar-refractivity contribution in [1.82, 2.24) is 9.78 Å². The third-order valence-electron chi connectivity index (χ3n) is 4.27. The van der Waals surface area contributed by atoms with Gasteiger partial charge >= 0.3 is 12.3 Å². The fraction of sp³-hybridized carbons (Fsp3) is 0.238. The second-order valence-corrected chi connectivity index (χ2v) is 6.67. The number of anilines is 1. The molecule has 0 bridgehead atoms. The summed E-state index contributed by atoms with van der Waals surface area (Å²) in [6, 6.07) is 13.9. The molecular weight excluding hydrogens is 402 g/mol. The van der Waals surface area contributed by atoms with Crippen molar-refractivity contribution in [2.45, 2.75) is 25.9 Å². The average Bonchev–Trinajstić information content (AvgIpc) is 3.18. The highest BCUT2D eigenvalue weighted by Crippen LogP contribution is 2.23. The van der Waals surface area contributed by atoms with Gasteiger partial charge in [0.15, 0.2) is 0 Å². The molecule has 0 aliphatic heterocycles. The Morgan fingerprint density at radius 2 is 1.97 bits per heavy atom. The summed E-state index contributed by atoms with van der Waals surface area (Å²) in [6.07, 6.45) is -0.762. The molecule has 30 heavy (non-hydrogen) atoms. The maximum atomic E-state index is 12.9. The van der Waals surface area contributed by atoms with E-state index in [0.717, 1.165) is 11.3 Å². The van der Waals surface area contributed by atoms with E-state index in [1.165, 1.54) is 12.3 Å². The van der Waals surface area contributed by atoms with E-state index >= 15 is 0 Å². The number of halogens is 4. The van der Waals surface area contributed by atoms with E-state index in [-0.39, 0.29) is 6.61 Å². The van der Waals surface area contributed by atoms with Gasteiger partial charge in [-0.25, -0.2) is 13.5 Å². The maximum absolute atomic E-state index is 12.9. The molecule has 0 aliphatic carbocycles. The van der Waals surface area contributed by atoms with Crippen molar-refractivity contribution >= 4 is 11.6 Å². The van der Waals surface area contributed by atoms with E-state index in [1.54, 1.807) is 29.1 Å². The van der Waals surface area contributed by atoms with Crippen molar-refractivity contribution in [3.05, 3.63) is 77.6 Å². The monoisotopic (exact) mass is 421 g/mol. The molecule has 2 aromatic carbocycles. The zero-order valence-electron chi connectivity index (χ0n) is 16.0. The molecule has 3 aromatic rings. The van der Waals surface area contributed by atoms with Crippen LogP contribution in [-0.4, -0.2) is 34.6 Å². The van der Waals surface area contributed by atoms with Crippen LogP contribution in [-0.2, 0) is 11.3 Å². The highest BCUT2D eigenvalue weighted by Gasteiger charge is 2.40. The van der Waals surface area contributed by atoms with E-state index in [4.69, 9.17) is 4.74 Å². The Kier molecular flexibility index (Phi) is 6.51. The Morgan fingerprint density at radius 3 is 2.70 bits per heavy atom. The molecule has 5 nitrogen and oxygen atoms in total. The van der Waals surface area contributed by atoms with Gasteiger partial charge in [-0.3, -0.25) is 4.79 Å². The van der Waals surface area contributed by atoms with E-state index in [1.807, 2.05) is 31.2 Å². The second-order valence-electron chi connectivity index (χ2n) is 6.67. The van der Waals surface area contributed by atoms with Gasteiger partial charge in [-0.15, -0.1) is 0 Å². The number of ether oxygens (including phenoxy) is 1. The van der Waals surface area contributed by atoms with Crippen LogP contribution in [0.1, 0.15) is 21.5 Å². The minimum Gasteiger partial charge on any atom is -0.370 e. The molecule has 1 aromatic heterocycles. The Bertz CT molecular complexity index is 1020. The molecule has 0 saturated heterocycles. The fourth-order valence-electron chi connectivity index (χ4n) is 2.70. The zero-order valence-corrected chi connectivity index (χ0v) is 16.0. The minimum absolute atomic E-state index is 0.294. The first-order valence-electron chi connectivity index (χ1n) is 9.01. The summed E-state index contributed by atoms with van der Waals surface area (Å²) in [4.78, 5) is 12.5. The van der Waals surface area contributed by atoms with Gasteiger partial charge < -0.3 is 10.1 Å². The quantitative estimate of drug-likeness (QED) is 0.529. The largest absolute Gasteiger partial charge is 0.370 e. The number of benzene rings is 2. The molecule has 1 N–H and O–H groups in total. The van der Waals surface area contributed by atoms with Gasteiger partial charge in [0.1, 0.15) is 6.61 Å². The fourth-order valence-corrected chi connectivity index (χ4v) is 2.70. The van der Waals surface area contributed by atoms with Crippen molar-refractivity contribution in [2.75, 3.05) is 11.9 Å². The molecule has 3 rings (SSSR count). The highest BCUT2D eigenvalue weighted by atomic mass is 19.3. The Balaban J connectivity index is 1.62. The van der Waals surface area contributed by atoms with Crippen LogP contribution in [0.25, 0.3) is 5.69 Å². The number of rotatable bonds is 8. The molecule has 0 spiro atoms. The molecule has 1 amide bonds. The van der Waals surface area contributed by atoms with Gasteiger partial charge in [0.2, 0.25) is 0 Å². The number of carbonyl (C=O) groups is 1. The van der Waals surface area contributed by atoms with Crippen LogP contribution < -0.4 is 5.32 Å². The number of carbonyl (C=O) groups excluding carboxylic acids is 1. The Hall–Kier alpha value is -3.20. The maximum Gasteiger partial charge on any atom is 0.330 e. The van der Waals surface area contributed by atoms with Crippen LogP contribution in [0.4, 0.5) is 23.2 Å². The predicted molar refractivity (Wildman–Crippen MR) is 103 cm³/mol. The lowest BCUT2D eigenvalue weighted by atomic mass is 10.2. The Morgan fingerprint density at radius 1 is 1.20 bits per heavy atom. The first-order chi connectivity index (χ1) is 14.3. The lowest BCUT2D eigenvalue weighted by Gasteiger charge is -2.15. The highest BCUT2D eigenvalue weighted by molar-refractivity contribution is 6.04. The topological polar surface area (TPSA) is 56.2 Å². The van der Waals surface area contributed by atoms with Gasteiger partial charge in [0.05, 0.1) is 24.1 Å². The minimum atomic E-state index is -4.21. The molecule has 0 unspecified atom stereocenters. The van der Waals surface area contributed by atoms with E-state index < -0.39 is 24.9 Å². The number of alkyl halides is 4. The van der Waals surface area contributed by atoms with Crippen molar-refractivity contribution < 1.29 is 27.1 Å². The summed E-state index contributed by atoms with van der Waals surface area (Å²) in [5.41, 5.74) is 3.03. The predicted octanol–water partition coefficient (Wildman–Crippen LogP) is 4.85. The smallest absolute Gasteiger partial charge is 0.330 e. The zero-order chi connectivity index (χ0) is 21.7. The van der Waals surface area contributed by atoms with E-state index in [9.17, 15) is 22.4 Å². The van der Waals surface area contributed by atoms with Crippen molar-refractivity contribution in [3.63, 3.8) is 0 Å². The number of hydrogen-bond donors (Lipinski definition) is 1.